The van der Waals surface area contributed by atoms with Gasteiger partial charge in [-0.2, -0.15) is 0 Å². The Kier molecular flexibility index (Phi) is 6.39. The Morgan fingerprint density at radius 1 is 1.09 bits per heavy atom. The highest BCUT2D eigenvalue weighted by Crippen LogP contribution is 2.44. The number of fused-ring (bicyclic) bond motifs is 3. The molecule has 0 fully saturated rings. The summed E-state index contributed by atoms with van der Waals surface area (Å²) in [6.45, 7) is 1.88. The SMILES string of the molecule is CC(CC(=O)NCc1cc(C(=O)O)no1)NC(=O)OCC1c2ccccc2-c2ccccc21. The van der Waals surface area contributed by atoms with Crippen LogP contribution in [0.4, 0.5) is 4.79 Å². The highest BCUT2D eigenvalue weighted by Gasteiger charge is 2.29. The number of carbonyl (C=O) groups is 3. The van der Waals surface area contributed by atoms with Gasteiger partial charge in [0.15, 0.2) is 11.5 Å². The zero-order chi connectivity index (χ0) is 23.4. The number of carboxylic acids is 1. The summed E-state index contributed by atoms with van der Waals surface area (Å²) in [6, 6.07) is 16.9. The maximum absolute atomic E-state index is 12.3. The average molecular weight is 449 g/mol. The highest BCUT2D eigenvalue weighted by atomic mass is 16.5. The first-order valence-corrected chi connectivity index (χ1v) is 10.5. The molecule has 170 valence electrons. The molecule has 1 aliphatic carbocycles. The Balaban J connectivity index is 1.25. The van der Waals surface area contributed by atoms with Gasteiger partial charge in [0.05, 0.1) is 6.54 Å². The predicted octanol–water partition coefficient (Wildman–Crippen LogP) is 3.31. The Bertz CT molecular complexity index is 1140. The van der Waals surface area contributed by atoms with Gasteiger partial charge in [0.1, 0.15) is 6.61 Å². The summed E-state index contributed by atoms with van der Waals surface area (Å²) in [5, 5.41) is 17.5. The quantitative estimate of drug-likeness (QED) is 0.481. The van der Waals surface area contributed by atoms with E-state index in [9.17, 15) is 14.4 Å². The van der Waals surface area contributed by atoms with E-state index in [-0.39, 0.29) is 42.9 Å². The molecular weight excluding hydrogens is 426 g/mol. The number of alkyl carbamates (subject to hydrolysis) is 1. The molecule has 0 spiro atoms. The molecule has 1 aliphatic rings. The number of amides is 2. The number of hydrogen-bond acceptors (Lipinski definition) is 6. The first-order valence-electron chi connectivity index (χ1n) is 10.5. The number of aromatic carboxylic acids is 1. The Labute approximate surface area is 189 Å². The fourth-order valence-electron chi connectivity index (χ4n) is 3.93. The van der Waals surface area contributed by atoms with Gasteiger partial charge in [-0.3, -0.25) is 4.79 Å². The molecule has 33 heavy (non-hydrogen) atoms. The molecular formula is C24H23N3O6. The fraction of sp³-hybridized carbons (Fsp3) is 0.250. The van der Waals surface area contributed by atoms with Gasteiger partial charge in [0.2, 0.25) is 5.91 Å². The van der Waals surface area contributed by atoms with Crippen LogP contribution in [0.1, 0.15) is 46.6 Å². The largest absolute Gasteiger partial charge is 0.476 e. The molecule has 0 radical (unpaired) electrons. The Hall–Kier alpha value is -4.14. The minimum absolute atomic E-state index is 0.00320. The molecule has 0 saturated carbocycles. The van der Waals surface area contributed by atoms with E-state index in [1.54, 1.807) is 6.92 Å². The molecule has 1 unspecified atom stereocenters. The van der Waals surface area contributed by atoms with Crippen LogP contribution in [0.25, 0.3) is 11.1 Å². The average Bonchev–Trinajstić information content (AvgIpc) is 3.39. The lowest BCUT2D eigenvalue weighted by atomic mass is 9.98. The van der Waals surface area contributed by atoms with Crippen molar-refractivity contribution in [2.45, 2.75) is 31.8 Å². The van der Waals surface area contributed by atoms with E-state index in [0.29, 0.717) is 0 Å². The Morgan fingerprint density at radius 3 is 2.33 bits per heavy atom. The summed E-state index contributed by atoms with van der Waals surface area (Å²) in [4.78, 5) is 35.2. The first kappa shape index (κ1) is 22.1. The molecule has 1 aromatic heterocycles. The summed E-state index contributed by atoms with van der Waals surface area (Å²) < 4.78 is 10.3. The van der Waals surface area contributed by atoms with Gasteiger partial charge in [-0.15, -0.1) is 0 Å². The predicted molar refractivity (Wildman–Crippen MR) is 118 cm³/mol. The van der Waals surface area contributed by atoms with E-state index in [1.807, 2.05) is 36.4 Å². The number of nitrogens with one attached hydrogen (secondary N) is 2. The van der Waals surface area contributed by atoms with Gasteiger partial charge in [0.25, 0.3) is 0 Å². The third-order valence-corrected chi connectivity index (χ3v) is 5.44. The van der Waals surface area contributed by atoms with Crippen molar-refractivity contribution in [1.29, 1.82) is 0 Å². The van der Waals surface area contributed by atoms with Crippen LogP contribution in [0.15, 0.2) is 59.1 Å². The number of carboxylic acid groups (broad SMARTS) is 1. The van der Waals surface area contributed by atoms with Crippen LogP contribution in [0.5, 0.6) is 0 Å². The second-order valence-corrected chi connectivity index (χ2v) is 7.84. The van der Waals surface area contributed by atoms with Crippen LogP contribution < -0.4 is 10.6 Å². The number of rotatable bonds is 8. The molecule has 9 nitrogen and oxygen atoms in total. The topological polar surface area (TPSA) is 131 Å². The third kappa shape index (κ3) is 5.03. The van der Waals surface area contributed by atoms with E-state index in [4.69, 9.17) is 14.4 Å². The molecule has 0 bridgehead atoms. The van der Waals surface area contributed by atoms with Crippen molar-refractivity contribution in [2.24, 2.45) is 0 Å². The second-order valence-electron chi connectivity index (χ2n) is 7.84. The van der Waals surface area contributed by atoms with E-state index in [1.165, 1.54) is 6.07 Å². The molecule has 0 saturated heterocycles. The summed E-state index contributed by atoms with van der Waals surface area (Å²) >= 11 is 0. The number of carbonyl (C=O) groups excluding carboxylic acids is 2. The number of hydrogen-bond donors (Lipinski definition) is 3. The molecule has 3 aromatic rings. The number of nitrogens with zero attached hydrogens (tertiary/aromatic N) is 1. The van der Waals surface area contributed by atoms with E-state index < -0.39 is 18.1 Å². The lowest BCUT2D eigenvalue weighted by molar-refractivity contribution is -0.121. The maximum atomic E-state index is 12.3. The molecule has 0 aliphatic heterocycles. The summed E-state index contributed by atoms with van der Waals surface area (Å²) in [7, 11) is 0. The summed E-state index contributed by atoms with van der Waals surface area (Å²) in [5.74, 6) is -1.37. The highest BCUT2D eigenvalue weighted by molar-refractivity contribution is 5.85. The first-order chi connectivity index (χ1) is 15.9. The minimum Gasteiger partial charge on any atom is -0.476 e. The Morgan fingerprint density at radius 2 is 1.73 bits per heavy atom. The van der Waals surface area contributed by atoms with E-state index >= 15 is 0 Å². The monoisotopic (exact) mass is 449 g/mol. The lowest BCUT2D eigenvalue weighted by Crippen LogP contribution is -2.37. The van der Waals surface area contributed by atoms with Crippen molar-refractivity contribution in [1.82, 2.24) is 15.8 Å². The molecule has 2 amide bonds. The maximum Gasteiger partial charge on any atom is 0.407 e. The molecule has 2 aromatic carbocycles. The zero-order valence-electron chi connectivity index (χ0n) is 17.9. The molecule has 1 atom stereocenters. The fourth-order valence-corrected chi connectivity index (χ4v) is 3.93. The third-order valence-electron chi connectivity index (χ3n) is 5.44. The van der Waals surface area contributed by atoms with Crippen LogP contribution in [-0.2, 0) is 16.1 Å². The van der Waals surface area contributed by atoms with Crippen LogP contribution in [0, 0.1) is 0 Å². The van der Waals surface area contributed by atoms with Crippen LogP contribution in [-0.4, -0.2) is 40.9 Å². The molecule has 4 rings (SSSR count). The van der Waals surface area contributed by atoms with Crippen molar-refractivity contribution >= 4 is 18.0 Å². The van der Waals surface area contributed by atoms with Crippen molar-refractivity contribution in [2.75, 3.05) is 6.61 Å². The number of benzene rings is 2. The van der Waals surface area contributed by atoms with Gasteiger partial charge < -0.3 is 25.0 Å². The standard InChI is InChI=1S/C24H23N3O6/c1-14(10-22(28)25-12-15-11-21(23(29)30)27-33-15)26-24(31)32-13-20-18-8-4-2-6-16(18)17-7-3-5-9-19(17)20/h2-9,11,14,20H,10,12-13H2,1H3,(H,25,28)(H,26,31)(H,29,30). The summed E-state index contributed by atoms with van der Waals surface area (Å²) in [5.41, 5.74) is 4.31. The van der Waals surface area contributed by atoms with Gasteiger partial charge in [-0.25, -0.2) is 9.59 Å². The van der Waals surface area contributed by atoms with Crippen LogP contribution in [0.3, 0.4) is 0 Å². The van der Waals surface area contributed by atoms with Gasteiger partial charge in [-0.1, -0.05) is 53.7 Å². The van der Waals surface area contributed by atoms with Crippen molar-refractivity contribution in [3.8, 4) is 11.1 Å². The van der Waals surface area contributed by atoms with Gasteiger partial charge in [-0.05, 0) is 29.2 Å². The van der Waals surface area contributed by atoms with Crippen molar-refractivity contribution in [3.63, 3.8) is 0 Å². The smallest absolute Gasteiger partial charge is 0.407 e. The van der Waals surface area contributed by atoms with E-state index in [0.717, 1.165) is 22.3 Å². The van der Waals surface area contributed by atoms with Crippen molar-refractivity contribution in [3.05, 3.63) is 77.2 Å². The van der Waals surface area contributed by atoms with E-state index in [2.05, 4.69) is 27.9 Å². The van der Waals surface area contributed by atoms with Gasteiger partial charge in [0, 0.05) is 24.4 Å². The van der Waals surface area contributed by atoms with Crippen LogP contribution >= 0.6 is 0 Å². The minimum atomic E-state index is -1.21. The van der Waals surface area contributed by atoms with Crippen molar-refractivity contribution < 1.29 is 28.8 Å². The normalized spacial score (nSPS) is 13.0. The lowest BCUT2D eigenvalue weighted by Gasteiger charge is -2.17. The van der Waals surface area contributed by atoms with Gasteiger partial charge >= 0.3 is 12.1 Å². The number of aromatic nitrogens is 1. The van der Waals surface area contributed by atoms with Crippen LogP contribution in [0.2, 0.25) is 0 Å². The summed E-state index contributed by atoms with van der Waals surface area (Å²) in [6.07, 6.45) is -0.581. The molecule has 1 heterocycles. The molecule has 9 heteroatoms. The zero-order valence-corrected chi connectivity index (χ0v) is 17.9. The second kappa shape index (κ2) is 9.56. The molecule has 3 N–H and O–H groups in total. The number of ether oxygens (including phenoxy) is 1.